The summed E-state index contributed by atoms with van der Waals surface area (Å²) >= 11 is 0. The van der Waals surface area contributed by atoms with E-state index >= 15 is 0 Å². The molecule has 0 radical (unpaired) electrons. The second kappa shape index (κ2) is 9.73. The molecule has 0 aliphatic rings. The van der Waals surface area contributed by atoms with Crippen molar-refractivity contribution in [2.24, 2.45) is 0 Å². The third-order valence-electron chi connectivity index (χ3n) is 3.80. The van der Waals surface area contributed by atoms with Gasteiger partial charge in [-0.3, -0.25) is 0 Å². The molecule has 2 N–H and O–H groups in total. The minimum Gasteiger partial charge on any atom is -0.480 e. The van der Waals surface area contributed by atoms with Crippen molar-refractivity contribution in [1.29, 1.82) is 0 Å². The van der Waals surface area contributed by atoms with Crippen molar-refractivity contribution in [3.8, 4) is 0 Å². The summed E-state index contributed by atoms with van der Waals surface area (Å²) in [6.07, 6.45) is -0.837. The van der Waals surface area contributed by atoms with Crippen LogP contribution in [0.25, 0.3) is 0 Å². The Morgan fingerprint density at radius 3 is 2.28 bits per heavy atom. The number of hydrogen-bond acceptors (Lipinski definition) is 5. The molecule has 2 aromatic carbocycles. The van der Waals surface area contributed by atoms with Crippen molar-refractivity contribution < 1.29 is 29.0 Å². The molecule has 0 aliphatic carbocycles. The van der Waals surface area contributed by atoms with Crippen LogP contribution in [0, 0.1) is 0 Å². The summed E-state index contributed by atoms with van der Waals surface area (Å²) in [5.41, 5.74) is 1.04. The molecule has 1 atom stereocenters. The number of carboxylic acids is 1. The highest BCUT2D eigenvalue weighted by molar-refractivity contribution is 5.90. The molecule has 0 saturated heterocycles. The summed E-state index contributed by atoms with van der Waals surface area (Å²) in [7, 11) is 0. The Bertz CT molecular complexity index is 857. The number of ether oxygens (including phenoxy) is 2. The van der Waals surface area contributed by atoms with Gasteiger partial charge in [0.1, 0.15) is 18.2 Å². The third kappa shape index (κ3) is 7.65. The van der Waals surface area contributed by atoms with Gasteiger partial charge in [-0.25, -0.2) is 14.4 Å². The minimum absolute atomic E-state index is 0.00753. The monoisotopic (exact) mass is 399 g/mol. The van der Waals surface area contributed by atoms with Crippen LogP contribution in [0.1, 0.15) is 42.3 Å². The second-order valence-corrected chi connectivity index (χ2v) is 7.50. The van der Waals surface area contributed by atoms with E-state index in [-0.39, 0.29) is 13.0 Å². The molecule has 0 unspecified atom stereocenters. The van der Waals surface area contributed by atoms with Crippen LogP contribution in [-0.4, -0.2) is 34.8 Å². The standard InChI is InChI=1S/C22H25NO6/c1-22(2,3)29-20(26)17-11-7-10-16(12-17)13-18(19(24)25)23-21(27)28-14-15-8-5-4-6-9-15/h4-12,18H,13-14H2,1-3H3,(H,23,27)(H,24,25)/t18-/m0/s1. The van der Waals surface area contributed by atoms with Gasteiger partial charge in [-0.05, 0) is 44.0 Å². The Balaban J connectivity index is 1.99. The second-order valence-electron chi connectivity index (χ2n) is 7.50. The molecule has 0 bridgehead atoms. The lowest BCUT2D eigenvalue weighted by Gasteiger charge is -2.20. The van der Waals surface area contributed by atoms with E-state index in [4.69, 9.17) is 9.47 Å². The normalized spacial score (nSPS) is 12.0. The first-order chi connectivity index (χ1) is 13.6. The maximum absolute atomic E-state index is 12.2. The van der Waals surface area contributed by atoms with E-state index in [0.717, 1.165) is 5.56 Å². The lowest BCUT2D eigenvalue weighted by Crippen LogP contribution is -2.42. The number of carbonyl (C=O) groups is 3. The zero-order valence-electron chi connectivity index (χ0n) is 16.7. The van der Waals surface area contributed by atoms with Crippen LogP contribution in [0.2, 0.25) is 0 Å². The van der Waals surface area contributed by atoms with Crippen LogP contribution in [0.4, 0.5) is 4.79 Å². The highest BCUT2D eigenvalue weighted by atomic mass is 16.6. The van der Waals surface area contributed by atoms with Gasteiger partial charge in [-0.15, -0.1) is 0 Å². The maximum Gasteiger partial charge on any atom is 0.408 e. The number of aliphatic carboxylic acids is 1. The Morgan fingerprint density at radius 1 is 1.00 bits per heavy atom. The number of nitrogens with one attached hydrogen (secondary N) is 1. The summed E-state index contributed by atoms with van der Waals surface area (Å²) < 4.78 is 10.4. The van der Waals surface area contributed by atoms with Gasteiger partial charge >= 0.3 is 18.0 Å². The summed E-state index contributed by atoms with van der Waals surface area (Å²) in [5, 5.41) is 11.8. The van der Waals surface area contributed by atoms with Gasteiger partial charge in [0.2, 0.25) is 0 Å². The summed E-state index contributed by atoms with van der Waals surface area (Å²) in [5.74, 6) is -1.70. The molecule has 0 heterocycles. The topological polar surface area (TPSA) is 102 Å². The van der Waals surface area contributed by atoms with Crippen LogP contribution in [0.15, 0.2) is 54.6 Å². The average molecular weight is 399 g/mol. The summed E-state index contributed by atoms with van der Waals surface area (Å²) in [6, 6.07) is 14.3. The van der Waals surface area contributed by atoms with Crippen LogP contribution in [0.5, 0.6) is 0 Å². The van der Waals surface area contributed by atoms with Gasteiger partial charge in [-0.2, -0.15) is 0 Å². The molecule has 7 nitrogen and oxygen atoms in total. The molecule has 0 spiro atoms. The predicted octanol–water partition coefficient (Wildman–Crippen LogP) is 3.56. The molecule has 29 heavy (non-hydrogen) atoms. The highest BCUT2D eigenvalue weighted by Gasteiger charge is 2.23. The number of rotatable bonds is 7. The zero-order chi connectivity index (χ0) is 21.4. The molecule has 154 valence electrons. The Hall–Kier alpha value is -3.35. The molecule has 0 fully saturated rings. The van der Waals surface area contributed by atoms with Crippen LogP contribution in [-0.2, 0) is 27.3 Å². The molecule has 0 aromatic heterocycles. The van der Waals surface area contributed by atoms with Gasteiger partial charge in [0, 0.05) is 6.42 Å². The lowest BCUT2D eigenvalue weighted by molar-refractivity contribution is -0.139. The quantitative estimate of drug-likeness (QED) is 0.690. The number of hydrogen-bond donors (Lipinski definition) is 2. The summed E-state index contributed by atoms with van der Waals surface area (Å²) in [4.78, 5) is 35.7. The van der Waals surface area contributed by atoms with Crippen LogP contribution >= 0.6 is 0 Å². The molecule has 2 aromatic rings. The fourth-order valence-electron chi connectivity index (χ4n) is 2.51. The molecule has 0 aliphatic heterocycles. The number of carbonyl (C=O) groups excluding carboxylic acids is 2. The first kappa shape index (κ1) is 21.9. The zero-order valence-corrected chi connectivity index (χ0v) is 16.7. The van der Waals surface area contributed by atoms with Gasteiger partial charge in [0.25, 0.3) is 0 Å². The van der Waals surface area contributed by atoms with Gasteiger partial charge in [0.05, 0.1) is 5.56 Å². The molecular weight excluding hydrogens is 374 g/mol. The number of carboxylic acid groups (broad SMARTS) is 1. The smallest absolute Gasteiger partial charge is 0.408 e. The third-order valence-corrected chi connectivity index (χ3v) is 3.80. The Morgan fingerprint density at radius 2 is 1.66 bits per heavy atom. The van der Waals surface area contributed by atoms with Crippen molar-refractivity contribution in [3.63, 3.8) is 0 Å². The molecular formula is C22H25NO6. The highest BCUT2D eigenvalue weighted by Crippen LogP contribution is 2.14. The fraction of sp³-hybridized carbons (Fsp3) is 0.318. The van der Waals surface area contributed by atoms with Crippen molar-refractivity contribution >= 4 is 18.0 Å². The number of amides is 1. The Kier molecular flexibility index (Phi) is 7.36. The Labute approximate surface area is 169 Å². The predicted molar refractivity (Wildman–Crippen MR) is 107 cm³/mol. The first-order valence-electron chi connectivity index (χ1n) is 9.16. The maximum atomic E-state index is 12.2. The van der Waals surface area contributed by atoms with E-state index in [2.05, 4.69) is 5.32 Å². The molecule has 1 amide bonds. The van der Waals surface area contributed by atoms with Crippen LogP contribution in [0.3, 0.4) is 0 Å². The van der Waals surface area contributed by atoms with Gasteiger partial charge in [-0.1, -0.05) is 42.5 Å². The fourth-order valence-corrected chi connectivity index (χ4v) is 2.51. The van der Waals surface area contributed by atoms with Crippen molar-refractivity contribution in [1.82, 2.24) is 5.32 Å². The van der Waals surface area contributed by atoms with E-state index in [1.54, 1.807) is 57.2 Å². The number of alkyl carbamates (subject to hydrolysis) is 1. The largest absolute Gasteiger partial charge is 0.480 e. The van der Waals surface area contributed by atoms with Crippen molar-refractivity contribution in [2.75, 3.05) is 0 Å². The average Bonchev–Trinajstić information content (AvgIpc) is 2.65. The van der Waals surface area contributed by atoms with Gasteiger partial charge < -0.3 is 19.9 Å². The molecule has 0 saturated carbocycles. The lowest BCUT2D eigenvalue weighted by atomic mass is 10.0. The summed E-state index contributed by atoms with van der Waals surface area (Å²) in [6.45, 7) is 5.33. The molecule has 7 heteroatoms. The minimum atomic E-state index is -1.20. The van der Waals surface area contributed by atoms with E-state index in [1.807, 2.05) is 18.2 Å². The molecule has 2 rings (SSSR count). The van der Waals surface area contributed by atoms with E-state index in [0.29, 0.717) is 11.1 Å². The van der Waals surface area contributed by atoms with Crippen molar-refractivity contribution in [2.45, 2.75) is 45.4 Å². The first-order valence-corrected chi connectivity index (χ1v) is 9.16. The number of esters is 1. The van der Waals surface area contributed by atoms with E-state index < -0.39 is 29.7 Å². The van der Waals surface area contributed by atoms with E-state index in [9.17, 15) is 19.5 Å². The number of benzene rings is 2. The SMILES string of the molecule is CC(C)(C)OC(=O)c1cccc(C[C@H](NC(=O)OCc2ccccc2)C(=O)O)c1. The van der Waals surface area contributed by atoms with Crippen LogP contribution < -0.4 is 5.32 Å². The van der Waals surface area contributed by atoms with E-state index in [1.165, 1.54) is 0 Å². The van der Waals surface area contributed by atoms with Crippen molar-refractivity contribution in [3.05, 3.63) is 71.3 Å². The van der Waals surface area contributed by atoms with Gasteiger partial charge in [0.15, 0.2) is 0 Å².